The predicted molar refractivity (Wildman–Crippen MR) is 69.6 cm³/mol. The van der Waals surface area contributed by atoms with Crippen LogP contribution < -0.4 is 0 Å². The molecule has 2 rings (SSSR count). The van der Waals surface area contributed by atoms with E-state index in [0.717, 1.165) is 12.0 Å². The molecule has 1 saturated heterocycles. The highest BCUT2D eigenvalue weighted by atomic mass is 32.1. The number of rotatable bonds is 4. The molecule has 0 spiro atoms. The average molecular weight is 267 g/mol. The Kier molecular flexibility index (Phi) is 3.71. The Bertz CT molecular complexity index is 443. The molecule has 1 N–H and O–H groups in total. The Morgan fingerprint density at radius 3 is 2.89 bits per heavy atom. The van der Waals surface area contributed by atoms with Crippen LogP contribution in [-0.4, -0.2) is 34.0 Å². The molecule has 0 bridgehead atoms. The van der Waals surface area contributed by atoms with Gasteiger partial charge in [0.1, 0.15) is 5.54 Å². The van der Waals surface area contributed by atoms with Crippen molar-refractivity contribution in [3.05, 3.63) is 22.4 Å². The van der Waals surface area contributed by atoms with Crippen molar-refractivity contribution in [2.24, 2.45) is 0 Å². The molecule has 0 aromatic carbocycles. The normalized spacial score (nSPS) is 23.3. The first-order chi connectivity index (χ1) is 8.60. The van der Waals surface area contributed by atoms with Gasteiger partial charge >= 0.3 is 5.97 Å². The standard InChI is InChI=1S/C13H17NO3S/c1-2-13(12(16)17)5-3-6-14(13)11(15)8-10-4-7-18-9-10/h4,7,9H,2-3,5-6,8H2,1H3,(H,16,17)/t13-/m0/s1. The smallest absolute Gasteiger partial charge is 0.329 e. The summed E-state index contributed by atoms with van der Waals surface area (Å²) in [4.78, 5) is 25.3. The number of aliphatic carboxylic acids is 1. The van der Waals surface area contributed by atoms with Crippen molar-refractivity contribution < 1.29 is 14.7 Å². The molecule has 1 atom stereocenters. The van der Waals surface area contributed by atoms with E-state index >= 15 is 0 Å². The zero-order valence-electron chi connectivity index (χ0n) is 10.4. The Labute approximate surface area is 110 Å². The third-order valence-electron chi connectivity index (χ3n) is 3.71. The van der Waals surface area contributed by atoms with E-state index in [1.807, 2.05) is 23.8 Å². The van der Waals surface area contributed by atoms with Gasteiger partial charge in [0.2, 0.25) is 5.91 Å². The van der Waals surface area contributed by atoms with E-state index in [4.69, 9.17) is 0 Å². The second-order valence-electron chi connectivity index (χ2n) is 4.65. The van der Waals surface area contributed by atoms with Crippen molar-refractivity contribution in [3.63, 3.8) is 0 Å². The Morgan fingerprint density at radius 2 is 2.33 bits per heavy atom. The lowest BCUT2D eigenvalue weighted by atomic mass is 9.92. The summed E-state index contributed by atoms with van der Waals surface area (Å²) in [6.07, 6.45) is 2.11. The molecule has 0 aliphatic carbocycles. The van der Waals surface area contributed by atoms with Gasteiger partial charge in [-0.1, -0.05) is 6.92 Å². The lowest BCUT2D eigenvalue weighted by Gasteiger charge is -2.33. The number of hydrogen-bond donors (Lipinski definition) is 1. The number of carbonyl (C=O) groups excluding carboxylic acids is 1. The van der Waals surface area contributed by atoms with Gasteiger partial charge in [0.15, 0.2) is 0 Å². The number of thiophene rings is 1. The van der Waals surface area contributed by atoms with Crippen LogP contribution in [0.25, 0.3) is 0 Å². The number of likely N-dealkylation sites (tertiary alicyclic amines) is 1. The van der Waals surface area contributed by atoms with Crippen molar-refractivity contribution >= 4 is 23.2 Å². The molecule has 0 unspecified atom stereocenters. The van der Waals surface area contributed by atoms with Crippen molar-refractivity contribution in [3.8, 4) is 0 Å². The predicted octanol–water partition coefficient (Wildman–Crippen LogP) is 2.15. The molecule has 0 saturated carbocycles. The molecule has 4 nitrogen and oxygen atoms in total. The van der Waals surface area contributed by atoms with E-state index < -0.39 is 11.5 Å². The van der Waals surface area contributed by atoms with Gasteiger partial charge in [0.05, 0.1) is 6.42 Å². The van der Waals surface area contributed by atoms with Crippen molar-refractivity contribution in [1.82, 2.24) is 4.90 Å². The zero-order valence-corrected chi connectivity index (χ0v) is 11.2. The number of carboxylic acids is 1. The van der Waals surface area contributed by atoms with Crippen LogP contribution in [0, 0.1) is 0 Å². The number of amides is 1. The van der Waals surface area contributed by atoms with Crippen molar-refractivity contribution in [2.45, 2.75) is 38.1 Å². The Hall–Kier alpha value is -1.36. The Balaban J connectivity index is 2.16. The van der Waals surface area contributed by atoms with Crippen LogP contribution in [0.5, 0.6) is 0 Å². The summed E-state index contributed by atoms with van der Waals surface area (Å²) in [5, 5.41) is 13.3. The van der Waals surface area contributed by atoms with Gasteiger partial charge in [0.25, 0.3) is 0 Å². The topological polar surface area (TPSA) is 57.6 Å². The fraction of sp³-hybridized carbons (Fsp3) is 0.538. The van der Waals surface area contributed by atoms with E-state index in [2.05, 4.69) is 0 Å². The molecule has 2 heterocycles. The maximum Gasteiger partial charge on any atom is 0.329 e. The molecule has 5 heteroatoms. The minimum Gasteiger partial charge on any atom is -0.479 e. The van der Waals surface area contributed by atoms with Gasteiger partial charge in [-0.3, -0.25) is 4.79 Å². The molecule has 1 amide bonds. The highest BCUT2D eigenvalue weighted by molar-refractivity contribution is 7.07. The van der Waals surface area contributed by atoms with Gasteiger partial charge in [0, 0.05) is 6.54 Å². The van der Waals surface area contributed by atoms with Crippen LogP contribution >= 0.6 is 11.3 Å². The minimum atomic E-state index is -0.979. The summed E-state index contributed by atoms with van der Waals surface area (Å²) in [6, 6.07) is 1.91. The third kappa shape index (κ3) is 2.14. The second-order valence-corrected chi connectivity index (χ2v) is 5.43. The minimum absolute atomic E-state index is 0.0739. The lowest BCUT2D eigenvalue weighted by molar-refractivity contribution is -0.156. The Morgan fingerprint density at radius 1 is 1.56 bits per heavy atom. The molecule has 1 aliphatic rings. The fourth-order valence-corrected chi connectivity index (χ4v) is 3.32. The van der Waals surface area contributed by atoms with Gasteiger partial charge in [-0.15, -0.1) is 0 Å². The SMILES string of the molecule is CC[C@@]1(C(=O)O)CCCN1C(=O)Cc1ccsc1. The van der Waals surface area contributed by atoms with Crippen LogP contribution in [-0.2, 0) is 16.0 Å². The van der Waals surface area contributed by atoms with Crippen molar-refractivity contribution in [1.29, 1.82) is 0 Å². The second kappa shape index (κ2) is 5.10. The monoisotopic (exact) mass is 267 g/mol. The summed E-state index contributed by atoms with van der Waals surface area (Å²) >= 11 is 1.55. The van der Waals surface area contributed by atoms with Gasteiger partial charge in [-0.25, -0.2) is 4.79 Å². The molecule has 1 aromatic rings. The van der Waals surface area contributed by atoms with Crippen LogP contribution in [0.1, 0.15) is 31.7 Å². The molecule has 0 radical (unpaired) electrons. The molecule has 18 heavy (non-hydrogen) atoms. The first-order valence-electron chi connectivity index (χ1n) is 6.15. The first-order valence-corrected chi connectivity index (χ1v) is 7.09. The van der Waals surface area contributed by atoms with Crippen LogP contribution in [0.2, 0.25) is 0 Å². The summed E-state index contributed by atoms with van der Waals surface area (Å²) in [6.45, 7) is 2.40. The van der Waals surface area contributed by atoms with Crippen LogP contribution in [0.4, 0.5) is 0 Å². The van der Waals surface area contributed by atoms with Crippen molar-refractivity contribution in [2.75, 3.05) is 6.54 Å². The van der Waals surface area contributed by atoms with Gasteiger partial charge < -0.3 is 10.0 Å². The van der Waals surface area contributed by atoms with Gasteiger partial charge in [-0.2, -0.15) is 11.3 Å². The lowest BCUT2D eigenvalue weighted by Crippen LogP contribution is -2.53. The first kappa shape index (κ1) is 13.1. The maximum absolute atomic E-state index is 12.3. The van der Waals surface area contributed by atoms with E-state index in [0.29, 0.717) is 25.8 Å². The van der Waals surface area contributed by atoms with E-state index in [1.165, 1.54) is 0 Å². The zero-order chi connectivity index (χ0) is 13.2. The molecule has 98 valence electrons. The number of carbonyl (C=O) groups is 2. The largest absolute Gasteiger partial charge is 0.479 e. The molecule has 1 fully saturated rings. The molecular weight excluding hydrogens is 250 g/mol. The summed E-state index contributed by atoms with van der Waals surface area (Å²) in [5.74, 6) is -0.948. The van der Waals surface area contributed by atoms with E-state index in [9.17, 15) is 14.7 Å². The molecular formula is C13H17NO3S. The summed E-state index contributed by atoms with van der Waals surface area (Å²) in [5.41, 5.74) is -0.0140. The van der Waals surface area contributed by atoms with Gasteiger partial charge in [-0.05, 0) is 41.7 Å². The highest BCUT2D eigenvalue weighted by Gasteiger charge is 2.48. The molecule has 1 aromatic heterocycles. The van der Waals surface area contributed by atoms with E-state index in [-0.39, 0.29) is 5.91 Å². The number of hydrogen-bond acceptors (Lipinski definition) is 3. The molecule has 1 aliphatic heterocycles. The maximum atomic E-state index is 12.3. The summed E-state index contributed by atoms with van der Waals surface area (Å²) in [7, 11) is 0. The fourth-order valence-electron chi connectivity index (χ4n) is 2.65. The number of nitrogens with zero attached hydrogens (tertiary/aromatic N) is 1. The van der Waals surface area contributed by atoms with Crippen LogP contribution in [0.3, 0.4) is 0 Å². The number of carboxylic acid groups (broad SMARTS) is 1. The quantitative estimate of drug-likeness (QED) is 0.909. The van der Waals surface area contributed by atoms with Crippen LogP contribution in [0.15, 0.2) is 16.8 Å². The van der Waals surface area contributed by atoms with E-state index in [1.54, 1.807) is 16.2 Å². The highest BCUT2D eigenvalue weighted by Crippen LogP contribution is 2.33. The third-order valence-corrected chi connectivity index (χ3v) is 4.44. The summed E-state index contributed by atoms with van der Waals surface area (Å²) < 4.78 is 0. The average Bonchev–Trinajstić information content (AvgIpc) is 2.96.